The molecule has 0 fully saturated rings. The second kappa shape index (κ2) is 8.54. The third kappa shape index (κ3) is 5.86. The first-order valence-corrected chi connectivity index (χ1v) is 7.86. The Labute approximate surface area is 137 Å². The van der Waals surface area contributed by atoms with Gasteiger partial charge in [0.15, 0.2) is 0 Å². The van der Waals surface area contributed by atoms with Gasteiger partial charge in [-0.05, 0) is 54.4 Å². The van der Waals surface area contributed by atoms with Gasteiger partial charge in [-0.2, -0.15) is 0 Å². The molecule has 0 bridgehead atoms. The van der Waals surface area contributed by atoms with Crippen molar-refractivity contribution in [1.29, 1.82) is 0 Å². The Hall–Kier alpha value is -1.87. The molecule has 0 spiro atoms. The Kier molecular flexibility index (Phi) is 6.41. The van der Waals surface area contributed by atoms with Crippen molar-refractivity contribution in [3.63, 3.8) is 0 Å². The zero-order chi connectivity index (χ0) is 15.8. The van der Waals surface area contributed by atoms with Crippen molar-refractivity contribution in [1.82, 2.24) is 0 Å². The summed E-state index contributed by atoms with van der Waals surface area (Å²) in [4.78, 5) is 0. The number of benzene rings is 2. The molecule has 118 valence electrons. The van der Waals surface area contributed by atoms with Crippen LogP contribution in [0.5, 0.6) is 11.5 Å². The maximum Gasteiger partial charge on any atom is 0.119 e. The van der Waals surface area contributed by atoms with Crippen molar-refractivity contribution >= 4 is 17.3 Å². The van der Waals surface area contributed by atoms with E-state index in [2.05, 4.69) is 19.2 Å². The Morgan fingerprint density at radius 1 is 0.909 bits per heavy atom. The van der Waals surface area contributed by atoms with E-state index in [0.717, 1.165) is 30.3 Å². The van der Waals surface area contributed by atoms with Crippen LogP contribution in [-0.2, 0) is 0 Å². The average molecular weight is 320 g/mol. The van der Waals surface area contributed by atoms with Gasteiger partial charge in [-0.1, -0.05) is 25.4 Å². The van der Waals surface area contributed by atoms with Gasteiger partial charge in [-0.3, -0.25) is 0 Å². The maximum absolute atomic E-state index is 5.83. The van der Waals surface area contributed by atoms with Crippen LogP contribution in [0.25, 0.3) is 0 Å². The number of hydrogen-bond donors (Lipinski definition) is 1. The lowest BCUT2D eigenvalue weighted by Gasteiger charge is -2.11. The molecule has 0 unspecified atom stereocenters. The summed E-state index contributed by atoms with van der Waals surface area (Å²) < 4.78 is 11.3. The lowest BCUT2D eigenvalue weighted by molar-refractivity contribution is 0.271. The Balaban J connectivity index is 1.69. The molecule has 0 atom stereocenters. The third-order valence-corrected chi connectivity index (χ3v) is 3.20. The van der Waals surface area contributed by atoms with E-state index in [1.165, 1.54) is 0 Å². The smallest absolute Gasteiger partial charge is 0.119 e. The minimum absolute atomic E-state index is 0.530. The topological polar surface area (TPSA) is 30.5 Å². The summed E-state index contributed by atoms with van der Waals surface area (Å²) in [6.45, 7) is 6.33. The van der Waals surface area contributed by atoms with Gasteiger partial charge in [0.05, 0.1) is 6.61 Å². The van der Waals surface area contributed by atoms with Gasteiger partial charge in [0, 0.05) is 17.3 Å². The van der Waals surface area contributed by atoms with E-state index < -0.39 is 0 Å². The first-order valence-electron chi connectivity index (χ1n) is 7.48. The minimum atomic E-state index is 0.530. The van der Waals surface area contributed by atoms with Crippen LogP contribution in [0.3, 0.4) is 0 Å². The number of anilines is 1. The Morgan fingerprint density at radius 3 is 2.14 bits per heavy atom. The molecule has 2 aromatic rings. The van der Waals surface area contributed by atoms with Crippen LogP contribution in [0, 0.1) is 5.92 Å². The summed E-state index contributed by atoms with van der Waals surface area (Å²) in [5, 5.41) is 4.02. The molecule has 4 heteroatoms. The number of nitrogens with one attached hydrogen (secondary N) is 1. The SMILES string of the molecule is CC(C)COc1ccc(NCCOc2ccc(Cl)cc2)cc1. The number of hydrogen-bond acceptors (Lipinski definition) is 3. The molecule has 0 saturated carbocycles. The van der Waals surface area contributed by atoms with Gasteiger partial charge in [-0.25, -0.2) is 0 Å². The summed E-state index contributed by atoms with van der Waals surface area (Å²) in [5.74, 6) is 2.25. The highest BCUT2D eigenvalue weighted by Gasteiger charge is 1.98. The first kappa shape index (κ1) is 16.5. The maximum atomic E-state index is 5.83. The Morgan fingerprint density at radius 2 is 1.50 bits per heavy atom. The monoisotopic (exact) mass is 319 g/mol. The van der Waals surface area contributed by atoms with Crippen molar-refractivity contribution in [2.75, 3.05) is 25.1 Å². The normalized spacial score (nSPS) is 10.5. The van der Waals surface area contributed by atoms with Crippen LogP contribution >= 0.6 is 11.6 Å². The fourth-order valence-corrected chi connectivity index (χ4v) is 1.95. The lowest BCUT2D eigenvalue weighted by Crippen LogP contribution is -2.11. The van der Waals surface area contributed by atoms with Crippen LogP contribution in [0.15, 0.2) is 48.5 Å². The van der Waals surface area contributed by atoms with Crippen molar-refractivity contribution in [2.45, 2.75) is 13.8 Å². The molecule has 1 N–H and O–H groups in total. The standard InChI is InChI=1S/C18H22ClNO2/c1-14(2)13-22-18-9-5-16(6-10-18)20-11-12-21-17-7-3-15(19)4-8-17/h3-10,14,20H,11-13H2,1-2H3. The van der Waals surface area contributed by atoms with E-state index in [-0.39, 0.29) is 0 Å². The molecule has 0 aliphatic heterocycles. The minimum Gasteiger partial charge on any atom is -0.493 e. The zero-order valence-corrected chi connectivity index (χ0v) is 13.8. The molecule has 0 heterocycles. The molecule has 0 aromatic heterocycles. The van der Waals surface area contributed by atoms with Gasteiger partial charge in [0.1, 0.15) is 18.1 Å². The number of rotatable bonds is 8. The highest BCUT2D eigenvalue weighted by atomic mass is 35.5. The predicted molar refractivity (Wildman–Crippen MR) is 92.2 cm³/mol. The van der Waals surface area contributed by atoms with Gasteiger partial charge in [0.2, 0.25) is 0 Å². The summed E-state index contributed by atoms with van der Waals surface area (Å²) in [7, 11) is 0. The van der Waals surface area contributed by atoms with Crippen molar-refractivity contribution in [2.24, 2.45) is 5.92 Å². The average Bonchev–Trinajstić information content (AvgIpc) is 2.52. The van der Waals surface area contributed by atoms with Gasteiger partial charge >= 0.3 is 0 Å². The molecule has 0 amide bonds. The van der Waals surface area contributed by atoms with E-state index in [0.29, 0.717) is 17.5 Å². The van der Waals surface area contributed by atoms with Crippen molar-refractivity contribution in [3.8, 4) is 11.5 Å². The van der Waals surface area contributed by atoms with Crippen molar-refractivity contribution < 1.29 is 9.47 Å². The fraction of sp³-hybridized carbons (Fsp3) is 0.333. The summed E-state index contributed by atoms with van der Waals surface area (Å²) in [6, 6.07) is 15.3. The highest BCUT2D eigenvalue weighted by molar-refractivity contribution is 6.30. The molecule has 2 aromatic carbocycles. The van der Waals surface area contributed by atoms with E-state index >= 15 is 0 Å². The predicted octanol–water partition coefficient (Wildman–Crippen LogP) is 4.87. The lowest BCUT2D eigenvalue weighted by atomic mass is 10.2. The molecule has 0 aliphatic carbocycles. The molecule has 0 radical (unpaired) electrons. The fourth-order valence-electron chi connectivity index (χ4n) is 1.83. The van der Waals surface area contributed by atoms with E-state index in [1.54, 1.807) is 0 Å². The molecule has 2 rings (SSSR count). The van der Waals surface area contributed by atoms with Crippen molar-refractivity contribution in [3.05, 3.63) is 53.6 Å². The Bertz CT molecular complexity index is 552. The van der Waals surface area contributed by atoms with E-state index in [9.17, 15) is 0 Å². The largest absolute Gasteiger partial charge is 0.493 e. The highest BCUT2D eigenvalue weighted by Crippen LogP contribution is 2.17. The zero-order valence-electron chi connectivity index (χ0n) is 13.0. The van der Waals surface area contributed by atoms with Gasteiger partial charge < -0.3 is 14.8 Å². The summed E-state index contributed by atoms with van der Waals surface area (Å²) in [5.41, 5.74) is 1.05. The van der Waals surface area contributed by atoms with Crippen LogP contribution in [0.1, 0.15) is 13.8 Å². The quantitative estimate of drug-likeness (QED) is 0.704. The summed E-state index contributed by atoms with van der Waals surface area (Å²) in [6.07, 6.45) is 0. The molecule has 22 heavy (non-hydrogen) atoms. The van der Waals surface area contributed by atoms with Gasteiger partial charge in [-0.15, -0.1) is 0 Å². The van der Waals surface area contributed by atoms with E-state index in [4.69, 9.17) is 21.1 Å². The van der Waals surface area contributed by atoms with Crippen LogP contribution in [0.2, 0.25) is 5.02 Å². The van der Waals surface area contributed by atoms with E-state index in [1.807, 2.05) is 48.5 Å². The van der Waals surface area contributed by atoms with Crippen LogP contribution in [-0.4, -0.2) is 19.8 Å². The molecular weight excluding hydrogens is 298 g/mol. The molecule has 0 aliphatic rings. The van der Waals surface area contributed by atoms with Gasteiger partial charge in [0.25, 0.3) is 0 Å². The molecule has 3 nitrogen and oxygen atoms in total. The molecule has 0 saturated heterocycles. The second-order valence-electron chi connectivity index (χ2n) is 5.46. The molecular formula is C18H22ClNO2. The number of ether oxygens (including phenoxy) is 2. The van der Waals surface area contributed by atoms with Crippen LogP contribution in [0.4, 0.5) is 5.69 Å². The number of halogens is 1. The summed E-state index contributed by atoms with van der Waals surface area (Å²) >= 11 is 5.83. The third-order valence-electron chi connectivity index (χ3n) is 2.95. The van der Waals surface area contributed by atoms with Crippen LogP contribution < -0.4 is 14.8 Å². The second-order valence-corrected chi connectivity index (χ2v) is 5.89. The first-order chi connectivity index (χ1) is 10.6.